The third-order valence-corrected chi connectivity index (χ3v) is 4.61. The summed E-state index contributed by atoms with van der Waals surface area (Å²) in [6, 6.07) is 8.01. The molecule has 0 aliphatic carbocycles. The lowest BCUT2D eigenvalue weighted by Crippen LogP contribution is -2.19. The van der Waals surface area contributed by atoms with Crippen molar-refractivity contribution in [2.45, 2.75) is 6.04 Å². The number of nitrogens with one attached hydrogen (secondary N) is 1. The fourth-order valence-corrected chi connectivity index (χ4v) is 3.80. The molecule has 21 heavy (non-hydrogen) atoms. The highest BCUT2D eigenvalue weighted by Crippen LogP contribution is 2.39. The first-order chi connectivity index (χ1) is 9.97. The van der Waals surface area contributed by atoms with Gasteiger partial charge in [-0.25, -0.2) is 4.39 Å². The van der Waals surface area contributed by atoms with E-state index in [1.807, 2.05) is 13.1 Å². The minimum atomic E-state index is -0.292. The summed E-state index contributed by atoms with van der Waals surface area (Å²) in [5, 5.41) is 3.81. The molecule has 0 bridgehead atoms. The van der Waals surface area contributed by atoms with Gasteiger partial charge in [-0.15, -0.1) is 0 Å². The maximum atomic E-state index is 13.3. The van der Waals surface area contributed by atoms with Crippen LogP contribution < -0.4 is 10.1 Å². The molecule has 6 heteroatoms. The number of methoxy groups -OCH3 is 1. The first-order valence-corrected chi connectivity index (χ1v) is 8.09. The van der Waals surface area contributed by atoms with Crippen LogP contribution in [0.2, 0.25) is 5.02 Å². The molecule has 1 atom stereocenters. The summed E-state index contributed by atoms with van der Waals surface area (Å²) >= 11 is 13.0. The standard InChI is InChI=1S/C15H13Br2ClFNO/c1-20-14(10-4-3-9(19)7-12(10)16)11-5-8(18)6-13(17)15(11)21-2/h3-7,14,20H,1-2H3. The maximum Gasteiger partial charge on any atom is 0.138 e. The van der Waals surface area contributed by atoms with Crippen molar-refractivity contribution in [2.24, 2.45) is 0 Å². The van der Waals surface area contributed by atoms with Gasteiger partial charge in [0.05, 0.1) is 17.6 Å². The summed E-state index contributed by atoms with van der Waals surface area (Å²) in [4.78, 5) is 0. The number of halogens is 4. The Kier molecular flexibility index (Phi) is 5.66. The van der Waals surface area contributed by atoms with Crippen molar-refractivity contribution < 1.29 is 9.13 Å². The Morgan fingerprint density at radius 1 is 1.14 bits per heavy atom. The van der Waals surface area contributed by atoms with Gasteiger partial charge in [-0.3, -0.25) is 0 Å². The summed E-state index contributed by atoms with van der Waals surface area (Å²) < 4.78 is 20.2. The summed E-state index contributed by atoms with van der Waals surface area (Å²) in [6.45, 7) is 0. The second-order valence-corrected chi connectivity index (χ2v) is 6.54. The van der Waals surface area contributed by atoms with E-state index in [1.165, 1.54) is 12.1 Å². The molecule has 0 aliphatic rings. The van der Waals surface area contributed by atoms with E-state index in [1.54, 1.807) is 19.2 Å². The lowest BCUT2D eigenvalue weighted by Gasteiger charge is -2.22. The third-order valence-electron chi connectivity index (χ3n) is 3.11. The first-order valence-electron chi connectivity index (χ1n) is 6.13. The third kappa shape index (κ3) is 3.59. The molecule has 0 aliphatic heterocycles. The smallest absolute Gasteiger partial charge is 0.138 e. The van der Waals surface area contributed by atoms with E-state index in [-0.39, 0.29) is 11.9 Å². The zero-order valence-electron chi connectivity index (χ0n) is 11.4. The molecule has 1 N–H and O–H groups in total. The molecule has 0 radical (unpaired) electrons. The predicted octanol–water partition coefficient (Wildman–Crippen LogP) is 5.32. The SMILES string of the molecule is CNC(c1ccc(F)cc1Br)c1cc(Cl)cc(Br)c1OC. The Morgan fingerprint density at radius 3 is 2.43 bits per heavy atom. The monoisotopic (exact) mass is 435 g/mol. The molecular weight excluding hydrogens is 424 g/mol. The molecule has 2 aromatic carbocycles. The van der Waals surface area contributed by atoms with Crippen molar-refractivity contribution in [2.75, 3.05) is 14.2 Å². The Balaban J connectivity index is 2.61. The maximum absolute atomic E-state index is 13.3. The number of hydrogen-bond acceptors (Lipinski definition) is 2. The minimum Gasteiger partial charge on any atom is -0.495 e. The van der Waals surface area contributed by atoms with Crippen molar-refractivity contribution in [3.63, 3.8) is 0 Å². The van der Waals surface area contributed by atoms with Gasteiger partial charge in [0.25, 0.3) is 0 Å². The molecule has 0 saturated carbocycles. The Hall–Kier alpha value is -0.620. The second-order valence-electron chi connectivity index (χ2n) is 4.40. The molecule has 0 fully saturated rings. The molecule has 0 heterocycles. The fraction of sp³-hybridized carbons (Fsp3) is 0.200. The molecule has 112 valence electrons. The number of benzene rings is 2. The van der Waals surface area contributed by atoms with Crippen molar-refractivity contribution in [3.8, 4) is 5.75 Å². The molecule has 1 unspecified atom stereocenters. The van der Waals surface area contributed by atoms with Crippen molar-refractivity contribution in [1.82, 2.24) is 5.32 Å². The second kappa shape index (κ2) is 7.09. The summed E-state index contributed by atoms with van der Waals surface area (Å²) in [5.74, 6) is 0.398. The molecule has 2 aromatic rings. The van der Waals surface area contributed by atoms with Crippen LogP contribution in [0.1, 0.15) is 17.2 Å². The van der Waals surface area contributed by atoms with Crippen molar-refractivity contribution in [3.05, 3.63) is 61.2 Å². The molecule has 0 amide bonds. The number of rotatable bonds is 4. The van der Waals surface area contributed by atoms with Gasteiger partial charge in [0.1, 0.15) is 11.6 Å². The number of hydrogen-bond donors (Lipinski definition) is 1. The normalized spacial score (nSPS) is 12.3. The van der Waals surface area contributed by atoms with Gasteiger partial charge in [-0.1, -0.05) is 33.6 Å². The van der Waals surface area contributed by atoms with Crippen LogP contribution in [-0.2, 0) is 0 Å². The van der Waals surface area contributed by atoms with Crippen LogP contribution in [0.3, 0.4) is 0 Å². The van der Waals surface area contributed by atoms with Crippen LogP contribution in [0.5, 0.6) is 5.75 Å². The van der Waals surface area contributed by atoms with Crippen LogP contribution >= 0.6 is 43.5 Å². The molecule has 2 nitrogen and oxygen atoms in total. The van der Waals surface area contributed by atoms with Gasteiger partial charge >= 0.3 is 0 Å². The number of ether oxygens (including phenoxy) is 1. The van der Waals surface area contributed by atoms with Gasteiger partial charge < -0.3 is 10.1 Å². The van der Waals surface area contributed by atoms with E-state index in [2.05, 4.69) is 37.2 Å². The topological polar surface area (TPSA) is 21.3 Å². The summed E-state index contributed by atoms with van der Waals surface area (Å²) in [6.07, 6.45) is 0. The largest absolute Gasteiger partial charge is 0.495 e. The predicted molar refractivity (Wildman–Crippen MR) is 90.7 cm³/mol. The minimum absolute atomic E-state index is 0.190. The van der Waals surface area contributed by atoms with Crippen molar-refractivity contribution in [1.29, 1.82) is 0 Å². The van der Waals surface area contributed by atoms with E-state index >= 15 is 0 Å². The van der Waals surface area contributed by atoms with Gasteiger partial charge in [0.15, 0.2) is 0 Å². The molecule has 0 saturated heterocycles. The van der Waals surface area contributed by atoms with E-state index in [0.717, 1.165) is 15.6 Å². The van der Waals surface area contributed by atoms with E-state index < -0.39 is 0 Å². The Bertz CT molecular complexity index is 666. The van der Waals surface area contributed by atoms with Gasteiger partial charge in [0, 0.05) is 15.1 Å². The van der Waals surface area contributed by atoms with Crippen LogP contribution in [0.4, 0.5) is 4.39 Å². The van der Waals surface area contributed by atoms with Crippen molar-refractivity contribution >= 4 is 43.5 Å². The molecule has 2 rings (SSSR count). The zero-order chi connectivity index (χ0) is 15.6. The van der Waals surface area contributed by atoms with E-state index in [0.29, 0.717) is 15.2 Å². The summed E-state index contributed by atoms with van der Waals surface area (Å²) in [5.41, 5.74) is 1.76. The zero-order valence-corrected chi connectivity index (χ0v) is 15.3. The highest BCUT2D eigenvalue weighted by Gasteiger charge is 2.21. The Labute approximate surface area is 144 Å². The average Bonchev–Trinajstić information content (AvgIpc) is 2.41. The highest BCUT2D eigenvalue weighted by atomic mass is 79.9. The van der Waals surface area contributed by atoms with Gasteiger partial charge in [-0.05, 0) is 52.8 Å². The Morgan fingerprint density at radius 2 is 1.86 bits per heavy atom. The van der Waals surface area contributed by atoms with Crippen LogP contribution in [-0.4, -0.2) is 14.2 Å². The highest BCUT2D eigenvalue weighted by molar-refractivity contribution is 9.10. The average molecular weight is 438 g/mol. The van der Waals surface area contributed by atoms with E-state index in [4.69, 9.17) is 16.3 Å². The molecule has 0 spiro atoms. The van der Waals surface area contributed by atoms with Crippen LogP contribution in [0.25, 0.3) is 0 Å². The molecule has 0 aromatic heterocycles. The van der Waals surface area contributed by atoms with Gasteiger partial charge in [-0.2, -0.15) is 0 Å². The lowest BCUT2D eigenvalue weighted by molar-refractivity contribution is 0.402. The van der Waals surface area contributed by atoms with Crippen LogP contribution in [0, 0.1) is 5.82 Å². The fourth-order valence-electron chi connectivity index (χ4n) is 2.22. The first kappa shape index (κ1) is 16.7. The van der Waals surface area contributed by atoms with E-state index in [9.17, 15) is 4.39 Å². The molecular formula is C15H13Br2ClFNO. The quantitative estimate of drug-likeness (QED) is 0.699. The van der Waals surface area contributed by atoms with Crippen LogP contribution in [0.15, 0.2) is 39.3 Å². The lowest BCUT2D eigenvalue weighted by atomic mass is 9.98. The summed E-state index contributed by atoms with van der Waals surface area (Å²) in [7, 11) is 3.43. The van der Waals surface area contributed by atoms with Gasteiger partial charge in [0.2, 0.25) is 0 Å².